The van der Waals surface area contributed by atoms with Crippen LogP contribution in [0.1, 0.15) is 44.2 Å². The zero-order chi connectivity index (χ0) is 20.9. The fraction of sp³-hybridized carbons (Fsp3) is 0.318. The molecule has 0 unspecified atom stereocenters. The van der Waals surface area contributed by atoms with Crippen molar-refractivity contribution in [3.63, 3.8) is 0 Å². The third-order valence-corrected chi connectivity index (χ3v) is 5.28. The second-order valence-corrected chi connectivity index (χ2v) is 7.49. The molecule has 3 aromatic heterocycles. The molecule has 1 atom stereocenters. The Morgan fingerprint density at radius 1 is 1.13 bits per heavy atom. The molecule has 0 fully saturated rings. The number of carbonyl (C=O) groups is 2. The summed E-state index contributed by atoms with van der Waals surface area (Å²) in [7, 11) is 0. The van der Waals surface area contributed by atoms with E-state index in [1.807, 2.05) is 29.8 Å². The van der Waals surface area contributed by atoms with E-state index in [1.54, 1.807) is 30.7 Å². The van der Waals surface area contributed by atoms with Crippen LogP contribution in [-0.4, -0.2) is 38.1 Å². The molecule has 2 amide bonds. The van der Waals surface area contributed by atoms with Crippen molar-refractivity contribution in [1.82, 2.24) is 30.4 Å². The maximum atomic E-state index is 12.7. The Labute approximate surface area is 174 Å². The Balaban J connectivity index is 1.36. The molecule has 8 nitrogen and oxygen atoms in total. The van der Waals surface area contributed by atoms with Crippen LogP contribution in [0.3, 0.4) is 0 Å². The van der Waals surface area contributed by atoms with Gasteiger partial charge in [0.2, 0.25) is 0 Å². The molecule has 4 heterocycles. The molecule has 3 aromatic rings. The predicted molar refractivity (Wildman–Crippen MR) is 111 cm³/mol. The Morgan fingerprint density at radius 3 is 2.83 bits per heavy atom. The summed E-state index contributed by atoms with van der Waals surface area (Å²) in [5.74, 6) is -0.0368. The van der Waals surface area contributed by atoms with Gasteiger partial charge in [0.25, 0.3) is 11.8 Å². The summed E-state index contributed by atoms with van der Waals surface area (Å²) < 4.78 is 1.89. The molecule has 0 aliphatic carbocycles. The highest BCUT2D eigenvalue weighted by molar-refractivity contribution is 5.95. The Morgan fingerprint density at radius 2 is 2.03 bits per heavy atom. The molecule has 0 spiro atoms. The lowest BCUT2D eigenvalue weighted by Gasteiger charge is -2.24. The number of hydrogen-bond donors (Lipinski definition) is 2. The van der Waals surface area contributed by atoms with Gasteiger partial charge in [-0.05, 0) is 49.9 Å². The van der Waals surface area contributed by atoms with Gasteiger partial charge in [-0.25, -0.2) is 0 Å². The first-order chi connectivity index (χ1) is 14.6. The maximum Gasteiger partial charge on any atom is 0.255 e. The van der Waals surface area contributed by atoms with Crippen molar-refractivity contribution in [3.05, 3.63) is 77.1 Å². The van der Waals surface area contributed by atoms with Crippen molar-refractivity contribution in [3.8, 4) is 0 Å². The normalized spacial score (nSPS) is 15.3. The zero-order valence-corrected chi connectivity index (χ0v) is 16.8. The molecular weight excluding hydrogens is 380 g/mol. The van der Waals surface area contributed by atoms with Gasteiger partial charge in [0.15, 0.2) is 0 Å². The van der Waals surface area contributed by atoms with Crippen LogP contribution < -0.4 is 10.6 Å². The maximum absolute atomic E-state index is 12.7. The van der Waals surface area contributed by atoms with Gasteiger partial charge < -0.3 is 10.6 Å². The van der Waals surface area contributed by atoms with Crippen molar-refractivity contribution >= 4 is 11.8 Å². The van der Waals surface area contributed by atoms with E-state index in [-0.39, 0.29) is 17.7 Å². The molecule has 0 bridgehead atoms. The SMILES string of the molecule is Cc1cccc(CNC(=O)c2cnn3c2C[C@H](CNC(=O)c2cccnc2)CC3)n1. The average molecular weight is 404 g/mol. The molecule has 30 heavy (non-hydrogen) atoms. The number of rotatable bonds is 6. The minimum atomic E-state index is -0.153. The highest BCUT2D eigenvalue weighted by atomic mass is 16.2. The molecular formula is C22H24N6O2. The third-order valence-electron chi connectivity index (χ3n) is 5.28. The molecule has 4 rings (SSSR count). The first-order valence-electron chi connectivity index (χ1n) is 10.0. The van der Waals surface area contributed by atoms with E-state index >= 15 is 0 Å². The number of hydrogen-bond acceptors (Lipinski definition) is 5. The van der Waals surface area contributed by atoms with Crippen molar-refractivity contribution in [2.24, 2.45) is 5.92 Å². The summed E-state index contributed by atoms with van der Waals surface area (Å²) in [5, 5.41) is 10.3. The van der Waals surface area contributed by atoms with Crippen molar-refractivity contribution < 1.29 is 9.59 Å². The lowest BCUT2D eigenvalue weighted by Crippen LogP contribution is -2.34. The highest BCUT2D eigenvalue weighted by Crippen LogP contribution is 2.23. The van der Waals surface area contributed by atoms with E-state index in [9.17, 15) is 9.59 Å². The summed E-state index contributed by atoms with van der Waals surface area (Å²) >= 11 is 0. The monoisotopic (exact) mass is 404 g/mol. The van der Waals surface area contributed by atoms with Gasteiger partial charge in [0, 0.05) is 31.2 Å². The fourth-order valence-electron chi connectivity index (χ4n) is 3.66. The van der Waals surface area contributed by atoms with Crippen LogP contribution in [-0.2, 0) is 19.5 Å². The summed E-state index contributed by atoms with van der Waals surface area (Å²) in [6, 6.07) is 9.22. The highest BCUT2D eigenvalue weighted by Gasteiger charge is 2.25. The van der Waals surface area contributed by atoms with Crippen LogP contribution in [0.15, 0.2) is 48.9 Å². The van der Waals surface area contributed by atoms with Gasteiger partial charge in [-0.1, -0.05) is 6.07 Å². The smallest absolute Gasteiger partial charge is 0.255 e. The van der Waals surface area contributed by atoms with E-state index in [0.29, 0.717) is 30.6 Å². The lowest BCUT2D eigenvalue weighted by atomic mass is 9.94. The van der Waals surface area contributed by atoms with E-state index < -0.39 is 0 Å². The van der Waals surface area contributed by atoms with Gasteiger partial charge in [-0.15, -0.1) is 0 Å². The number of nitrogens with zero attached hydrogens (tertiary/aromatic N) is 4. The van der Waals surface area contributed by atoms with E-state index in [1.165, 1.54) is 0 Å². The third kappa shape index (κ3) is 4.53. The minimum Gasteiger partial charge on any atom is -0.352 e. The molecule has 2 N–H and O–H groups in total. The molecule has 1 aliphatic rings. The number of pyridine rings is 2. The number of nitrogens with one attached hydrogen (secondary N) is 2. The molecule has 154 valence electrons. The van der Waals surface area contributed by atoms with E-state index in [2.05, 4.69) is 25.7 Å². The standard InChI is InChI=1S/C22H24N6O2/c1-15-4-2-6-18(27-15)13-25-22(30)19-14-26-28-9-7-16(10-20(19)28)11-24-21(29)17-5-3-8-23-12-17/h2-6,8,12,14,16H,7,9-11,13H2,1H3,(H,24,29)(H,25,30)/t16-/m1/s1. The van der Waals surface area contributed by atoms with Crippen LogP contribution in [0.2, 0.25) is 0 Å². The molecule has 0 saturated heterocycles. The van der Waals surface area contributed by atoms with E-state index in [0.717, 1.165) is 30.0 Å². The van der Waals surface area contributed by atoms with Gasteiger partial charge in [0.1, 0.15) is 0 Å². The quantitative estimate of drug-likeness (QED) is 0.653. The number of amides is 2. The first kappa shape index (κ1) is 19.8. The average Bonchev–Trinajstić information content (AvgIpc) is 3.20. The number of aromatic nitrogens is 4. The topological polar surface area (TPSA) is 102 Å². The van der Waals surface area contributed by atoms with Crippen LogP contribution in [0, 0.1) is 12.8 Å². The summed E-state index contributed by atoms with van der Waals surface area (Å²) in [4.78, 5) is 33.4. The molecule has 0 radical (unpaired) electrons. The second kappa shape index (κ2) is 8.86. The molecule has 1 aliphatic heterocycles. The van der Waals surface area contributed by atoms with Crippen LogP contribution >= 0.6 is 0 Å². The van der Waals surface area contributed by atoms with Crippen molar-refractivity contribution in [1.29, 1.82) is 0 Å². The lowest BCUT2D eigenvalue weighted by molar-refractivity contribution is 0.0933. The first-order valence-corrected chi connectivity index (χ1v) is 10.0. The van der Waals surface area contributed by atoms with Crippen LogP contribution in [0.25, 0.3) is 0 Å². The predicted octanol–water partition coefficient (Wildman–Crippen LogP) is 1.90. The van der Waals surface area contributed by atoms with Gasteiger partial charge >= 0.3 is 0 Å². The molecule has 0 aromatic carbocycles. The van der Waals surface area contributed by atoms with Crippen LogP contribution in [0.5, 0.6) is 0 Å². The Kier molecular flexibility index (Phi) is 5.83. The van der Waals surface area contributed by atoms with Crippen LogP contribution in [0.4, 0.5) is 0 Å². The van der Waals surface area contributed by atoms with E-state index in [4.69, 9.17) is 0 Å². The summed E-state index contributed by atoms with van der Waals surface area (Å²) in [6.45, 7) is 3.57. The minimum absolute atomic E-state index is 0.134. The molecule has 8 heteroatoms. The van der Waals surface area contributed by atoms with Gasteiger partial charge in [0.05, 0.1) is 35.3 Å². The van der Waals surface area contributed by atoms with Crippen molar-refractivity contribution in [2.75, 3.05) is 6.54 Å². The second-order valence-electron chi connectivity index (χ2n) is 7.49. The summed E-state index contributed by atoms with van der Waals surface area (Å²) in [6.07, 6.45) is 6.41. The Bertz CT molecular complexity index is 1050. The Hall–Kier alpha value is -3.55. The van der Waals surface area contributed by atoms with Crippen molar-refractivity contribution in [2.45, 2.75) is 32.9 Å². The summed E-state index contributed by atoms with van der Waals surface area (Å²) in [5.41, 5.74) is 3.78. The zero-order valence-electron chi connectivity index (χ0n) is 16.8. The number of carbonyl (C=O) groups excluding carboxylic acids is 2. The van der Waals surface area contributed by atoms with Gasteiger partial charge in [-0.2, -0.15) is 5.10 Å². The molecule has 0 saturated carbocycles. The van der Waals surface area contributed by atoms with Gasteiger partial charge in [-0.3, -0.25) is 24.2 Å². The largest absolute Gasteiger partial charge is 0.352 e. The number of fused-ring (bicyclic) bond motifs is 1. The number of aryl methyl sites for hydroxylation is 2. The fourth-order valence-corrected chi connectivity index (χ4v) is 3.66.